The van der Waals surface area contributed by atoms with Crippen molar-refractivity contribution in [1.82, 2.24) is 0 Å². The molecule has 1 saturated heterocycles. The summed E-state index contributed by atoms with van der Waals surface area (Å²) in [6.45, 7) is 4.73. The molecular formula is C13H18N2O4. The number of carbonyl (C=O) groups excluding carboxylic acids is 1. The highest BCUT2D eigenvalue weighted by atomic mass is 16.5. The van der Waals surface area contributed by atoms with Gasteiger partial charge < -0.3 is 19.5 Å². The third-order valence-electron chi connectivity index (χ3n) is 2.87. The lowest BCUT2D eigenvalue weighted by Crippen LogP contribution is -2.36. The third-order valence-corrected chi connectivity index (χ3v) is 2.87. The first-order chi connectivity index (χ1) is 9.22. The second kappa shape index (κ2) is 6.29. The van der Waals surface area contributed by atoms with Crippen molar-refractivity contribution in [2.24, 2.45) is 0 Å². The molecule has 0 spiro atoms. The highest BCUT2D eigenvalue weighted by molar-refractivity contribution is 5.92. The Kier molecular flexibility index (Phi) is 4.46. The van der Waals surface area contributed by atoms with Crippen molar-refractivity contribution in [3.63, 3.8) is 0 Å². The Balaban J connectivity index is 2.22. The maximum atomic E-state index is 11.5. The number of phenolic OH excluding ortho intramolecular Hbond substituents is 1. The average Bonchev–Trinajstić information content (AvgIpc) is 2.42. The number of amides is 1. The van der Waals surface area contributed by atoms with E-state index in [9.17, 15) is 9.90 Å². The first kappa shape index (κ1) is 13.5. The molecule has 0 aliphatic carbocycles. The van der Waals surface area contributed by atoms with Gasteiger partial charge in [0, 0.05) is 13.1 Å². The maximum absolute atomic E-state index is 11.5. The summed E-state index contributed by atoms with van der Waals surface area (Å²) in [6.07, 6.45) is -0.571. The van der Waals surface area contributed by atoms with Gasteiger partial charge in [-0.15, -0.1) is 0 Å². The number of anilines is 2. The molecule has 1 fully saturated rings. The van der Waals surface area contributed by atoms with Crippen molar-refractivity contribution in [3.8, 4) is 5.75 Å². The molecule has 1 aliphatic heterocycles. The molecule has 6 heteroatoms. The second-order valence-electron chi connectivity index (χ2n) is 4.12. The molecule has 1 amide bonds. The molecule has 0 saturated carbocycles. The van der Waals surface area contributed by atoms with Gasteiger partial charge in [0.25, 0.3) is 0 Å². The van der Waals surface area contributed by atoms with Crippen LogP contribution in [0.1, 0.15) is 6.92 Å². The van der Waals surface area contributed by atoms with Crippen LogP contribution in [0.5, 0.6) is 5.75 Å². The lowest BCUT2D eigenvalue weighted by atomic mass is 10.2. The number of nitrogens with zero attached hydrogens (tertiary/aromatic N) is 1. The number of morpholine rings is 1. The summed E-state index contributed by atoms with van der Waals surface area (Å²) in [5.41, 5.74) is 1.15. The van der Waals surface area contributed by atoms with Crippen molar-refractivity contribution in [2.45, 2.75) is 6.92 Å². The summed E-state index contributed by atoms with van der Waals surface area (Å²) in [4.78, 5) is 13.6. The molecule has 0 unspecified atom stereocenters. The summed E-state index contributed by atoms with van der Waals surface area (Å²) in [6, 6.07) is 5.13. The molecule has 0 atom stereocenters. The Hall–Kier alpha value is -1.95. The first-order valence-electron chi connectivity index (χ1n) is 6.31. The average molecular weight is 266 g/mol. The van der Waals surface area contributed by atoms with Crippen LogP contribution in [0.15, 0.2) is 18.2 Å². The Morgan fingerprint density at radius 1 is 1.47 bits per heavy atom. The van der Waals surface area contributed by atoms with Gasteiger partial charge >= 0.3 is 6.09 Å². The zero-order valence-electron chi connectivity index (χ0n) is 10.9. The van der Waals surface area contributed by atoms with Crippen molar-refractivity contribution < 1.29 is 19.4 Å². The van der Waals surface area contributed by atoms with Gasteiger partial charge in [0.1, 0.15) is 11.4 Å². The van der Waals surface area contributed by atoms with E-state index in [0.717, 1.165) is 18.8 Å². The Bertz CT molecular complexity index is 444. The number of carbonyl (C=O) groups is 1. The molecular weight excluding hydrogens is 248 g/mol. The monoisotopic (exact) mass is 266 g/mol. The maximum Gasteiger partial charge on any atom is 0.411 e. The zero-order valence-corrected chi connectivity index (χ0v) is 10.9. The number of para-hydroxylation sites is 1. The topological polar surface area (TPSA) is 71.0 Å². The van der Waals surface area contributed by atoms with Gasteiger partial charge in [0.15, 0.2) is 0 Å². The van der Waals surface area contributed by atoms with Crippen LogP contribution in [-0.2, 0) is 9.47 Å². The largest absolute Gasteiger partial charge is 0.506 e. The number of hydrogen-bond acceptors (Lipinski definition) is 5. The van der Waals surface area contributed by atoms with Crippen LogP contribution in [0, 0.1) is 0 Å². The van der Waals surface area contributed by atoms with Crippen LogP contribution in [0.25, 0.3) is 0 Å². The fourth-order valence-corrected chi connectivity index (χ4v) is 1.99. The van der Waals surface area contributed by atoms with Gasteiger partial charge in [-0.3, -0.25) is 5.32 Å². The van der Waals surface area contributed by atoms with Gasteiger partial charge in [0.05, 0.1) is 25.5 Å². The summed E-state index contributed by atoms with van der Waals surface area (Å²) >= 11 is 0. The lowest BCUT2D eigenvalue weighted by molar-refractivity contribution is 0.122. The predicted molar refractivity (Wildman–Crippen MR) is 71.8 cm³/mol. The van der Waals surface area contributed by atoms with E-state index in [2.05, 4.69) is 10.2 Å². The van der Waals surface area contributed by atoms with Gasteiger partial charge in [-0.05, 0) is 19.1 Å². The SMILES string of the molecule is CCOC(=O)Nc1c(O)cccc1N1CCOCC1. The molecule has 0 aromatic heterocycles. The lowest BCUT2D eigenvalue weighted by Gasteiger charge is -2.30. The molecule has 6 nitrogen and oxygen atoms in total. The van der Waals surface area contributed by atoms with Crippen molar-refractivity contribution >= 4 is 17.5 Å². The highest BCUT2D eigenvalue weighted by Crippen LogP contribution is 2.34. The second-order valence-corrected chi connectivity index (χ2v) is 4.12. The van der Waals surface area contributed by atoms with Gasteiger partial charge in [-0.2, -0.15) is 0 Å². The van der Waals surface area contributed by atoms with Crippen LogP contribution in [-0.4, -0.2) is 44.1 Å². The quantitative estimate of drug-likeness (QED) is 0.816. The molecule has 2 rings (SSSR count). The van der Waals surface area contributed by atoms with Crippen molar-refractivity contribution in [2.75, 3.05) is 43.1 Å². The highest BCUT2D eigenvalue weighted by Gasteiger charge is 2.18. The molecule has 0 radical (unpaired) electrons. The summed E-state index contributed by atoms with van der Waals surface area (Å²) in [5.74, 6) is 0.0250. The molecule has 1 aromatic carbocycles. The fraction of sp³-hybridized carbons (Fsp3) is 0.462. The first-order valence-corrected chi connectivity index (χ1v) is 6.31. The number of rotatable bonds is 3. The Morgan fingerprint density at radius 3 is 2.89 bits per heavy atom. The van der Waals surface area contributed by atoms with Gasteiger partial charge in [-0.1, -0.05) is 6.07 Å². The van der Waals surface area contributed by atoms with Crippen LogP contribution in [0.3, 0.4) is 0 Å². The number of nitrogens with one attached hydrogen (secondary N) is 1. The Labute approximate surface area is 111 Å². The van der Waals surface area contributed by atoms with Crippen LogP contribution in [0.4, 0.5) is 16.2 Å². The normalized spacial score (nSPS) is 15.1. The van der Waals surface area contributed by atoms with E-state index in [-0.39, 0.29) is 12.4 Å². The standard InChI is InChI=1S/C13H18N2O4/c1-2-19-13(17)14-12-10(4-3-5-11(12)16)15-6-8-18-9-7-15/h3-5,16H,2,6-9H2,1H3,(H,14,17). The van der Waals surface area contributed by atoms with E-state index in [1.165, 1.54) is 6.07 Å². The molecule has 1 aromatic rings. The van der Waals surface area contributed by atoms with Crippen molar-refractivity contribution in [1.29, 1.82) is 0 Å². The number of ether oxygens (including phenoxy) is 2. The third kappa shape index (κ3) is 3.29. The minimum absolute atomic E-state index is 0.0250. The summed E-state index contributed by atoms with van der Waals surface area (Å²) < 4.78 is 10.1. The van der Waals surface area contributed by atoms with Gasteiger partial charge in [-0.25, -0.2) is 4.79 Å². The predicted octanol–water partition coefficient (Wildman–Crippen LogP) is 1.80. The number of hydrogen-bond donors (Lipinski definition) is 2. The number of benzene rings is 1. The minimum atomic E-state index is -0.571. The molecule has 19 heavy (non-hydrogen) atoms. The van der Waals surface area contributed by atoms with Crippen molar-refractivity contribution in [3.05, 3.63) is 18.2 Å². The van der Waals surface area contributed by atoms with E-state index >= 15 is 0 Å². The molecule has 0 bridgehead atoms. The molecule has 104 valence electrons. The van der Waals surface area contributed by atoms with Crippen LogP contribution in [0.2, 0.25) is 0 Å². The van der Waals surface area contributed by atoms with E-state index in [0.29, 0.717) is 18.9 Å². The van der Waals surface area contributed by atoms with Crippen LogP contribution >= 0.6 is 0 Å². The van der Waals surface area contributed by atoms with E-state index in [4.69, 9.17) is 9.47 Å². The van der Waals surface area contributed by atoms with Gasteiger partial charge in [0.2, 0.25) is 0 Å². The summed E-state index contributed by atoms with van der Waals surface area (Å²) in [5, 5.41) is 12.5. The smallest absolute Gasteiger partial charge is 0.411 e. The molecule has 1 heterocycles. The molecule has 2 N–H and O–H groups in total. The van der Waals surface area contributed by atoms with E-state index < -0.39 is 6.09 Å². The molecule has 1 aliphatic rings. The minimum Gasteiger partial charge on any atom is -0.506 e. The Morgan fingerprint density at radius 2 is 2.21 bits per heavy atom. The van der Waals surface area contributed by atoms with Crippen LogP contribution < -0.4 is 10.2 Å². The number of aromatic hydroxyl groups is 1. The number of phenols is 1. The summed E-state index contributed by atoms with van der Waals surface area (Å²) in [7, 11) is 0. The zero-order chi connectivity index (χ0) is 13.7. The van der Waals surface area contributed by atoms with E-state index in [1.807, 2.05) is 6.07 Å². The fourth-order valence-electron chi connectivity index (χ4n) is 1.99. The van der Waals surface area contributed by atoms with E-state index in [1.54, 1.807) is 13.0 Å².